The molecular weight excluding hydrogens is 444 g/mol. The molecule has 0 saturated carbocycles. The number of amides is 2. The molecular formula is C28H36N2O5. The van der Waals surface area contributed by atoms with Crippen LogP contribution >= 0.6 is 0 Å². The van der Waals surface area contributed by atoms with E-state index in [2.05, 4.69) is 48.7 Å². The Morgan fingerprint density at radius 1 is 0.943 bits per heavy atom. The number of hydrogen-bond acceptors (Lipinski definition) is 4. The lowest BCUT2D eigenvalue weighted by molar-refractivity contribution is -0.142. The molecule has 3 atom stereocenters. The second-order valence-electron chi connectivity index (χ2n) is 9.89. The highest BCUT2D eigenvalue weighted by molar-refractivity contribution is 5.79. The van der Waals surface area contributed by atoms with E-state index in [-0.39, 0.29) is 30.8 Å². The summed E-state index contributed by atoms with van der Waals surface area (Å²) < 4.78 is 5.61. The van der Waals surface area contributed by atoms with E-state index in [1.165, 1.54) is 11.1 Å². The number of rotatable bonds is 11. The van der Waals surface area contributed by atoms with Crippen molar-refractivity contribution in [1.29, 1.82) is 0 Å². The minimum absolute atomic E-state index is 0.0110. The predicted molar refractivity (Wildman–Crippen MR) is 135 cm³/mol. The summed E-state index contributed by atoms with van der Waals surface area (Å²) in [5, 5.41) is 14.7. The maximum Gasteiger partial charge on any atom is 0.407 e. The van der Waals surface area contributed by atoms with Crippen molar-refractivity contribution >= 4 is 18.0 Å². The van der Waals surface area contributed by atoms with E-state index in [0.717, 1.165) is 17.5 Å². The van der Waals surface area contributed by atoms with Gasteiger partial charge in [0.15, 0.2) is 0 Å². The maximum atomic E-state index is 12.5. The van der Waals surface area contributed by atoms with Crippen molar-refractivity contribution in [3.8, 4) is 11.1 Å². The standard InChI is InChI=1S/C28H36N2O5/c1-17(2)13-20(14-26(31)30-19(4)18(3)27(32)33)15-29-28(34)35-16-25-23-11-7-5-9-21(23)22-10-6-8-12-24(22)25/h5-12,17-20,25H,13-16H2,1-4H3,(H,29,34)(H,30,31)(H,32,33). The Bertz CT molecular complexity index is 1010. The number of nitrogens with one attached hydrogen (secondary N) is 2. The molecule has 188 valence electrons. The number of aliphatic carboxylic acids is 1. The smallest absolute Gasteiger partial charge is 0.407 e. The van der Waals surface area contributed by atoms with Crippen molar-refractivity contribution in [3.63, 3.8) is 0 Å². The van der Waals surface area contributed by atoms with Crippen LogP contribution in [-0.4, -0.2) is 42.3 Å². The molecule has 0 bridgehead atoms. The molecule has 1 aliphatic carbocycles. The molecule has 2 aromatic rings. The molecule has 3 unspecified atom stereocenters. The van der Waals surface area contributed by atoms with Gasteiger partial charge in [0.1, 0.15) is 6.61 Å². The molecule has 3 rings (SSSR count). The third-order valence-electron chi connectivity index (χ3n) is 6.69. The molecule has 7 heteroatoms. The normalized spacial score (nSPS) is 15.0. The van der Waals surface area contributed by atoms with Gasteiger partial charge < -0.3 is 20.5 Å². The fourth-order valence-electron chi connectivity index (χ4n) is 4.70. The fraction of sp³-hybridized carbons (Fsp3) is 0.464. The van der Waals surface area contributed by atoms with Crippen molar-refractivity contribution in [1.82, 2.24) is 10.6 Å². The zero-order valence-corrected chi connectivity index (χ0v) is 20.9. The Hall–Kier alpha value is -3.35. The monoisotopic (exact) mass is 480 g/mol. The Labute approximate surface area is 207 Å². The quantitative estimate of drug-likeness (QED) is 0.428. The summed E-state index contributed by atoms with van der Waals surface area (Å²) in [6.45, 7) is 7.92. The lowest BCUT2D eigenvalue weighted by atomic mass is 9.93. The second-order valence-corrected chi connectivity index (χ2v) is 9.89. The van der Waals surface area contributed by atoms with Crippen molar-refractivity contribution in [2.24, 2.45) is 17.8 Å². The van der Waals surface area contributed by atoms with E-state index in [0.29, 0.717) is 12.5 Å². The van der Waals surface area contributed by atoms with Gasteiger partial charge in [-0.15, -0.1) is 0 Å². The average molecular weight is 481 g/mol. The van der Waals surface area contributed by atoms with E-state index >= 15 is 0 Å². The van der Waals surface area contributed by atoms with Crippen LogP contribution in [0.2, 0.25) is 0 Å². The summed E-state index contributed by atoms with van der Waals surface area (Å²) in [5.74, 6) is -1.60. The first-order valence-electron chi connectivity index (χ1n) is 12.3. The Kier molecular flexibility index (Phi) is 8.90. The molecule has 0 aliphatic heterocycles. The van der Waals surface area contributed by atoms with Gasteiger partial charge in [0, 0.05) is 24.9 Å². The van der Waals surface area contributed by atoms with Gasteiger partial charge in [-0.25, -0.2) is 4.79 Å². The van der Waals surface area contributed by atoms with Crippen LogP contribution in [0.3, 0.4) is 0 Å². The average Bonchev–Trinajstić information content (AvgIpc) is 3.14. The van der Waals surface area contributed by atoms with Crippen LogP contribution in [0.4, 0.5) is 4.79 Å². The lowest BCUT2D eigenvalue weighted by Gasteiger charge is -2.22. The molecule has 3 N–H and O–H groups in total. The summed E-state index contributed by atoms with van der Waals surface area (Å²) in [5.41, 5.74) is 4.65. The number of hydrogen-bond donors (Lipinski definition) is 3. The Morgan fingerprint density at radius 2 is 1.51 bits per heavy atom. The third kappa shape index (κ3) is 6.84. The topological polar surface area (TPSA) is 105 Å². The molecule has 0 saturated heterocycles. The van der Waals surface area contributed by atoms with Gasteiger partial charge in [0.25, 0.3) is 0 Å². The first kappa shape index (κ1) is 26.3. The summed E-state index contributed by atoms with van der Waals surface area (Å²) >= 11 is 0. The number of ether oxygens (including phenoxy) is 1. The predicted octanol–water partition coefficient (Wildman–Crippen LogP) is 4.80. The second kappa shape index (κ2) is 11.9. The van der Waals surface area contributed by atoms with E-state index in [1.54, 1.807) is 13.8 Å². The molecule has 2 amide bonds. The van der Waals surface area contributed by atoms with E-state index in [9.17, 15) is 14.4 Å². The number of carboxylic acid groups (broad SMARTS) is 1. The summed E-state index contributed by atoms with van der Waals surface area (Å²) in [6, 6.07) is 15.9. The highest BCUT2D eigenvalue weighted by Gasteiger charge is 2.29. The SMILES string of the molecule is CC(C)CC(CNC(=O)OCC1c2ccccc2-c2ccccc21)CC(=O)NC(C)C(C)C(=O)O. The third-order valence-corrected chi connectivity index (χ3v) is 6.69. The molecule has 0 fully saturated rings. The fourth-order valence-corrected chi connectivity index (χ4v) is 4.70. The van der Waals surface area contributed by atoms with E-state index in [4.69, 9.17) is 9.84 Å². The van der Waals surface area contributed by atoms with Crippen LogP contribution in [0.1, 0.15) is 57.6 Å². The summed E-state index contributed by atoms with van der Waals surface area (Å²) in [4.78, 5) is 36.2. The summed E-state index contributed by atoms with van der Waals surface area (Å²) in [7, 11) is 0. The Morgan fingerprint density at radius 3 is 2.06 bits per heavy atom. The van der Waals surface area contributed by atoms with Crippen molar-refractivity contribution in [2.75, 3.05) is 13.2 Å². The van der Waals surface area contributed by atoms with Crippen LogP contribution in [0.25, 0.3) is 11.1 Å². The van der Waals surface area contributed by atoms with Gasteiger partial charge in [-0.3, -0.25) is 9.59 Å². The van der Waals surface area contributed by atoms with Gasteiger partial charge in [-0.05, 0) is 54.4 Å². The van der Waals surface area contributed by atoms with Gasteiger partial charge in [0.05, 0.1) is 5.92 Å². The van der Waals surface area contributed by atoms with Gasteiger partial charge in [-0.2, -0.15) is 0 Å². The van der Waals surface area contributed by atoms with Gasteiger partial charge in [-0.1, -0.05) is 62.4 Å². The molecule has 0 heterocycles. The van der Waals surface area contributed by atoms with Crippen LogP contribution in [0.5, 0.6) is 0 Å². The van der Waals surface area contributed by atoms with E-state index < -0.39 is 24.0 Å². The largest absolute Gasteiger partial charge is 0.481 e. The number of benzene rings is 2. The molecule has 0 spiro atoms. The number of carbonyl (C=O) groups is 3. The Balaban J connectivity index is 1.54. The molecule has 1 aliphatic rings. The zero-order chi connectivity index (χ0) is 25.5. The van der Waals surface area contributed by atoms with Crippen molar-refractivity contribution in [2.45, 2.75) is 52.5 Å². The molecule has 35 heavy (non-hydrogen) atoms. The van der Waals surface area contributed by atoms with Crippen LogP contribution in [0.15, 0.2) is 48.5 Å². The highest BCUT2D eigenvalue weighted by atomic mass is 16.5. The summed E-state index contributed by atoms with van der Waals surface area (Å²) in [6.07, 6.45) is 0.451. The minimum Gasteiger partial charge on any atom is -0.481 e. The highest BCUT2D eigenvalue weighted by Crippen LogP contribution is 2.44. The van der Waals surface area contributed by atoms with Crippen molar-refractivity contribution < 1.29 is 24.2 Å². The molecule has 7 nitrogen and oxygen atoms in total. The van der Waals surface area contributed by atoms with Crippen LogP contribution in [-0.2, 0) is 14.3 Å². The van der Waals surface area contributed by atoms with E-state index in [1.807, 2.05) is 24.3 Å². The minimum atomic E-state index is -0.951. The zero-order valence-electron chi connectivity index (χ0n) is 20.9. The molecule has 2 aromatic carbocycles. The first-order valence-corrected chi connectivity index (χ1v) is 12.3. The number of carboxylic acids is 1. The number of alkyl carbamates (subject to hydrolysis) is 1. The van der Waals surface area contributed by atoms with Crippen LogP contribution in [0, 0.1) is 17.8 Å². The maximum absolute atomic E-state index is 12.5. The van der Waals surface area contributed by atoms with Gasteiger partial charge in [0.2, 0.25) is 5.91 Å². The van der Waals surface area contributed by atoms with Crippen molar-refractivity contribution in [3.05, 3.63) is 59.7 Å². The lowest BCUT2D eigenvalue weighted by Crippen LogP contribution is -2.41. The van der Waals surface area contributed by atoms with Gasteiger partial charge >= 0.3 is 12.1 Å². The molecule has 0 radical (unpaired) electrons. The first-order chi connectivity index (χ1) is 16.7. The number of carbonyl (C=O) groups excluding carboxylic acids is 2. The molecule has 0 aromatic heterocycles. The number of fused-ring (bicyclic) bond motifs is 3. The van der Waals surface area contributed by atoms with Crippen LogP contribution < -0.4 is 10.6 Å².